The highest BCUT2D eigenvalue weighted by molar-refractivity contribution is 5.22. The average molecular weight is 253 g/mol. The van der Waals surface area contributed by atoms with E-state index in [0.29, 0.717) is 18.5 Å². The van der Waals surface area contributed by atoms with Crippen LogP contribution in [-0.2, 0) is 5.60 Å². The molecule has 0 heterocycles. The molecular weight excluding hydrogens is 229 g/mol. The summed E-state index contributed by atoms with van der Waals surface area (Å²) in [6, 6.07) is 6.36. The normalized spacial score (nSPS) is 18.1. The van der Waals surface area contributed by atoms with Crippen molar-refractivity contribution in [2.24, 2.45) is 5.92 Å². The molecule has 0 aromatic heterocycles. The predicted octanol–water partition coefficient (Wildman–Crippen LogP) is 3.06. The fraction of sp³-hybridized carbons (Fsp3) is 0.600. The van der Waals surface area contributed by atoms with Crippen molar-refractivity contribution >= 4 is 0 Å². The van der Waals surface area contributed by atoms with Crippen molar-refractivity contribution in [1.82, 2.24) is 5.32 Å². The highest BCUT2D eigenvalue weighted by Crippen LogP contribution is 2.20. The van der Waals surface area contributed by atoms with E-state index < -0.39 is 5.60 Å². The van der Waals surface area contributed by atoms with E-state index in [1.54, 1.807) is 19.1 Å². The van der Waals surface area contributed by atoms with Crippen molar-refractivity contribution in [3.8, 4) is 0 Å². The number of nitrogens with one attached hydrogen (secondary N) is 1. The van der Waals surface area contributed by atoms with Gasteiger partial charge in [0.25, 0.3) is 0 Å². The number of hydrogen-bond donors (Lipinski definition) is 2. The molecule has 18 heavy (non-hydrogen) atoms. The second kappa shape index (κ2) is 6.30. The Kier molecular flexibility index (Phi) is 5.29. The van der Waals surface area contributed by atoms with Gasteiger partial charge in [-0.15, -0.1) is 0 Å². The Labute approximate surface area is 109 Å². The molecule has 2 nitrogen and oxygen atoms in total. The number of benzene rings is 1. The summed E-state index contributed by atoms with van der Waals surface area (Å²) in [5.74, 6) is 0.282. The first-order valence-corrected chi connectivity index (χ1v) is 6.58. The first kappa shape index (κ1) is 15.1. The zero-order chi connectivity index (χ0) is 13.8. The Bertz CT molecular complexity index is 361. The summed E-state index contributed by atoms with van der Waals surface area (Å²) < 4.78 is 12.8. The predicted molar refractivity (Wildman–Crippen MR) is 72.9 cm³/mol. The molecule has 0 amide bonds. The summed E-state index contributed by atoms with van der Waals surface area (Å²) >= 11 is 0. The highest BCUT2D eigenvalue weighted by atomic mass is 19.1. The molecule has 0 saturated heterocycles. The lowest BCUT2D eigenvalue weighted by atomic mass is 9.94. The maximum Gasteiger partial charge on any atom is 0.123 e. The Balaban J connectivity index is 2.62. The Morgan fingerprint density at radius 2 is 1.83 bits per heavy atom. The van der Waals surface area contributed by atoms with Crippen LogP contribution in [0.5, 0.6) is 0 Å². The lowest BCUT2D eigenvalue weighted by molar-refractivity contribution is 0.0522. The highest BCUT2D eigenvalue weighted by Gasteiger charge is 2.24. The third kappa shape index (κ3) is 4.07. The van der Waals surface area contributed by atoms with Gasteiger partial charge in [0.2, 0.25) is 0 Å². The lowest BCUT2D eigenvalue weighted by Crippen LogP contribution is -2.42. The van der Waals surface area contributed by atoms with Gasteiger partial charge in [-0.2, -0.15) is 0 Å². The van der Waals surface area contributed by atoms with E-state index in [-0.39, 0.29) is 5.82 Å². The van der Waals surface area contributed by atoms with Crippen molar-refractivity contribution < 1.29 is 9.50 Å². The molecule has 2 N–H and O–H groups in total. The maximum atomic E-state index is 12.8. The Hall–Kier alpha value is -0.930. The van der Waals surface area contributed by atoms with Crippen molar-refractivity contribution in [2.75, 3.05) is 6.54 Å². The quantitative estimate of drug-likeness (QED) is 0.816. The molecule has 0 aliphatic carbocycles. The molecule has 102 valence electrons. The van der Waals surface area contributed by atoms with E-state index in [9.17, 15) is 9.50 Å². The van der Waals surface area contributed by atoms with Crippen molar-refractivity contribution in [3.63, 3.8) is 0 Å². The summed E-state index contributed by atoms with van der Waals surface area (Å²) in [6.45, 7) is 8.67. The van der Waals surface area contributed by atoms with Gasteiger partial charge in [-0.25, -0.2) is 4.39 Å². The lowest BCUT2D eigenvalue weighted by Gasteiger charge is -2.28. The van der Waals surface area contributed by atoms with Crippen LogP contribution < -0.4 is 5.32 Å². The summed E-state index contributed by atoms with van der Waals surface area (Å²) in [6.07, 6.45) is 1.10. The monoisotopic (exact) mass is 253 g/mol. The van der Waals surface area contributed by atoms with Crippen LogP contribution in [0.4, 0.5) is 4.39 Å². The van der Waals surface area contributed by atoms with Gasteiger partial charge in [0.1, 0.15) is 5.82 Å². The van der Waals surface area contributed by atoms with Crippen molar-refractivity contribution in [3.05, 3.63) is 35.6 Å². The molecule has 0 saturated carbocycles. The second-order valence-electron chi connectivity index (χ2n) is 5.34. The standard InChI is InChI=1S/C15H24FNO/c1-5-11(2)12(3)17-10-15(4,18)13-6-8-14(16)9-7-13/h6-9,11-12,17-18H,5,10H2,1-4H3. The molecule has 0 bridgehead atoms. The van der Waals surface area contributed by atoms with E-state index in [4.69, 9.17) is 0 Å². The number of halogens is 1. The van der Waals surface area contributed by atoms with Gasteiger partial charge < -0.3 is 10.4 Å². The second-order valence-corrected chi connectivity index (χ2v) is 5.34. The average Bonchev–Trinajstić information content (AvgIpc) is 2.35. The number of rotatable bonds is 6. The van der Waals surface area contributed by atoms with E-state index in [1.165, 1.54) is 12.1 Å². The molecule has 0 aliphatic heterocycles. The molecule has 3 unspecified atom stereocenters. The summed E-state index contributed by atoms with van der Waals surface area (Å²) in [5.41, 5.74) is -0.247. The molecule has 1 aromatic rings. The molecule has 1 rings (SSSR count). The summed E-state index contributed by atoms with van der Waals surface area (Å²) in [4.78, 5) is 0. The fourth-order valence-electron chi connectivity index (χ4n) is 1.83. The van der Waals surface area contributed by atoms with Crippen molar-refractivity contribution in [2.45, 2.75) is 45.8 Å². The van der Waals surface area contributed by atoms with Crippen LogP contribution in [-0.4, -0.2) is 17.7 Å². The summed E-state index contributed by atoms with van der Waals surface area (Å²) in [5, 5.41) is 13.7. The van der Waals surface area contributed by atoms with Crippen LogP contribution in [0.15, 0.2) is 24.3 Å². The van der Waals surface area contributed by atoms with E-state index in [1.807, 2.05) is 0 Å². The molecule has 0 aliphatic rings. The van der Waals surface area contributed by atoms with E-state index in [2.05, 4.69) is 26.1 Å². The van der Waals surface area contributed by atoms with Crippen LogP contribution in [0.2, 0.25) is 0 Å². The fourth-order valence-corrected chi connectivity index (χ4v) is 1.83. The van der Waals surface area contributed by atoms with Crippen LogP contribution in [0, 0.1) is 11.7 Å². The first-order chi connectivity index (χ1) is 8.36. The largest absolute Gasteiger partial charge is 0.384 e. The van der Waals surface area contributed by atoms with Crippen LogP contribution >= 0.6 is 0 Å². The van der Waals surface area contributed by atoms with E-state index >= 15 is 0 Å². The smallest absolute Gasteiger partial charge is 0.123 e. The molecular formula is C15H24FNO. The Morgan fingerprint density at radius 1 is 1.28 bits per heavy atom. The van der Waals surface area contributed by atoms with Gasteiger partial charge >= 0.3 is 0 Å². The zero-order valence-electron chi connectivity index (χ0n) is 11.7. The number of aliphatic hydroxyl groups is 1. The molecule has 0 radical (unpaired) electrons. The molecule has 1 aromatic carbocycles. The minimum atomic E-state index is -0.977. The third-order valence-corrected chi connectivity index (χ3v) is 3.73. The SMILES string of the molecule is CCC(C)C(C)NCC(C)(O)c1ccc(F)cc1. The van der Waals surface area contributed by atoms with Gasteiger partial charge in [0.05, 0.1) is 5.60 Å². The molecule has 3 atom stereocenters. The molecule has 0 fully saturated rings. The van der Waals surface area contributed by atoms with E-state index in [0.717, 1.165) is 12.0 Å². The molecule has 3 heteroatoms. The Morgan fingerprint density at radius 3 is 2.33 bits per heavy atom. The summed E-state index contributed by atoms with van der Waals surface area (Å²) in [7, 11) is 0. The van der Waals surface area contributed by atoms with Gasteiger partial charge in [-0.3, -0.25) is 0 Å². The van der Waals surface area contributed by atoms with Crippen molar-refractivity contribution in [1.29, 1.82) is 0 Å². The third-order valence-electron chi connectivity index (χ3n) is 3.73. The van der Waals surface area contributed by atoms with Gasteiger partial charge in [-0.1, -0.05) is 32.4 Å². The molecule has 0 spiro atoms. The van der Waals surface area contributed by atoms with Gasteiger partial charge in [0.15, 0.2) is 0 Å². The first-order valence-electron chi connectivity index (χ1n) is 6.58. The minimum Gasteiger partial charge on any atom is -0.384 e. The zero-order valence-corrected chi connectivity index (χ0v) is 11.7. The minimum absolute atomic E-state index is 0.282. The number of hydrogen-bond acceptors (Lipinski definition) is 2. The van der Waals surface area contributed by atoms with Crippen LogP contribution in [0.3, 0.4) is 0 Å². The van der Waals surface area contributed by atoms with Gasteiger partial charge in [-0.05, 0) is 37.5 Å². The van der Waals surface area contributed by atoms with Crippen LogP contribution in [0.1, 0.15) is 39.7 Å². The topological polar surface area (TPSA) is 32.3 Å². The van der Waals surface area contributed by atoms with Gasteiger partial charge in [0, 0.05) is 12.6 Å². The maximum absolute atomic E-state index is 12.8. The van der Waals surface area contributed by atoms with Crippen LogP contribution in [0.25, 0.3) is 0 Å².